The largest absolute Gasteiger partial charge is 0.251 e. The highest BCUT2D eigenvalue weighted by atomic mass is 15.3. The molecule has 0 aliphatic heterocycles. The molecule has 2 heterocycles. The molecular formula is C16H16N4. The number of hydrogen-bond donors (Lipinski definition) is 0. The Kier molecular flexibility index (Phi) is 3.06. The summed E-state index contributed by atoms with van der Waals surface area (Å²) in [6.45, 7) is 5.97. The van der Waals surface area contributed by atoms with Gasteiger partial charge in [-0.05, 0) is 32.4 Å². The second-order valence-electron chi connectivity index (χ2n) is 4.87. The highest BCUT2D eigenvalue weighted by Crippen LogP contribution is 2.23. The molecule has 0 radical (unpaired) electrons. The van der Waals surface area contributed by atoms with Gasteiger partial charge in [0, 0.05) is 17.0 Å². The Bertz CT molecular complexity index is 724. The molecule has 0 saturated heterocycles. The molecule has 2 aromatic heterocycles. The molecule has 0 aliphatic carbocycles. The molecule has 4 nitrogen and oxygen atoms in total. The van der Waals surface area contributed by atoms with Crippen molar-refractivity contribution in [1.29, 1.82) is 0 Å². The molecule has 3 aromatic rings. The minimum absolute atomic E-state index is 0.627. The summed E-state index contributed by atoms with van der Waals surface area (Å²) >= 11 is 0. The van der Waals surface area contributed by atoms with Gasteiger partial charge in [0.1, 0.15) is 0 Å². The Morgan fingerprint density at radius 3 is 2.20 bits per heavy atom. The van der Waals surface area contributed by atoms with Crippen molar-refractivity contribution in [1.82, 2.24) is 19.7 Å². The van der Waals surface area contributed by atoms with Crippen molar-refractivity contribution in [3.8, 4) is 17.1 Å². The molecule has 3 rings (SSSR count). The smallest absolute Gasteiger partial charge is 0.216 e. The fourth-order valence-electron chi connectivity index (χ4n) is 2.31. The summed E-state index contributed by atoms with van der Waals surface area (Å²) in [5, 5.41) is 4.44. The second kappa shape index (κ2) is 4.89. The Labute approximate surface area is 118 Å². The summed E-state index contributed by atoms with van der Waals surface area (Å²) in [7, 11) is 0. The van der Waals surface area contributed by atoms with Crippen molar-refractivity contribution in [3.05, 3.63) is 59.7 Å². The first kappa shape index (κ1) is 12.5. The molecule has 100 valence electrons. The third kappa shape index (κ3) is 2.20. The van der Waals surface area contributed by atoms with E-state index in [-0.39, 0.29) is 0 Å². The molecule has 0 N–H and O–H groups in total. The van der Waals surface area contributed by atoms with Gasteiger partial charge in [0.05, 0.1) is 11.9 Å². The van der Waals surface area contributed by atoms with Gasteiger partial charge in [-0.3, -0.25) is 0 Å². The van der Waals surface area contributed by atoms with E-state index >= 15 is 0 Å². The van der Waals surface area contributed by atoms with E-state index in [0.717, 1.165) is 28.2 Å². The normalized spacial score (nSPS) is 10.8. The van der Waals surface area contributed by atoms with E-state index in [4.69, 9.17) is 0 Å². The van der Waals surface area contributed by atoms with Gasteiger partial charge in [-0.15, -0.1) is 0 Å². The summed E-state index contributed by atoms with van der Waals surface area (Å²) in [6.07, 6.45) is 1.87. The Morgan fingerprint density at radius 2 is 1.55 bits per heavy atom. The van der Waals surface area contributed by atoms with Gasteiger partial charge < -0.3 is 0 Å². The Balaban J connectivity index is 2.11. The van der Waals surface area contributed by atoms with Gasteiger partial charge >= 0.3 is 0 Å². The molecule has 0 amide bonds. The molecule has 1 aromatic carbocycles. The van der Waals surface area contributed by atoms with Gasteiger partial charge in [-0.2, -0.15) is 5.10 Å². The van der Waals surface area contributed by atoms with Crippen LogP contribution < -0.4 is 0 Å². The summed E-state index contributed by atoms with van der Waals surface area (Å²) in [4.78, 5) is 8.92. The maximum atomic E-state index is 4.46. The lowest BCUT2D eigenvalue weighted by molar-refractivity contribution is 0.771. The quantitative estimate of drug-likeness (QED) is 0.713. The molecular weight excluding hydrogens is 248 g/mol. The summed E-state index contributed by atoms with van der Waals surface area (Å²) in [6, 6.07) is 12.2. The van der Waals surface area contributed by atoms with Crippen LogP contribution in [0.25, 0.3) is 17.1 Å². The predicted molar refractivity (Wildman–Crippen MR) is 78.8 cm³/mol. The highest BCUT2D eigenvalue weighted by molar-refractivity contribution is 5.65. The average molecular weight is 264 g/mol. The first-order valence-electron chi connectivity index (χ1n) is 6.58. The number of aryl methyl sites for hydroxylation is 2. The van der Waals surface area contributed by atoms with E-state index in [0.29, 0.717) is 5.95 Å². The van der Waals surface area contributed by atoms with Crippen molar-refractivity contribution >= 4 is 0 Å². The van der Waals surface area contributed by atoms with Gasteiger partial charge in [0.15, 0.2) is 0 Å². The standard InChI is InChI=1S/C16H16N4/c1-11-9-12(2)19-16(18-11)20-13(3)15(10-17-20)14-7-5-4-6-8-14/h4-10H,1-3H3. The van der Waals surface area contributed by atoms with Crippen LogP contribution in [0.5, 0.6) is 0 Å². The lowest BCUT2D eigenvalue weighted by Gasteiger charge is -2.06. The molecule has 0 fully saturated rings. The Hall–Kier alpha value is -2.49. The third-order valence-corrected chi connectivity index (χ3v) is 3.25. The summed E-state index contributed by atoms with van der Waals surface area (Å²) in [5.74, 6) is 0.627. The summed E-state index contributed by atoms with van der Waals surface area (Å²) < 4.78 is 1.79. The van der Waals surface area contributed by atoms with E-state index in [9.17, 15) is 0 Å². The third-order valence-electron chi connectivity index (χ3n) is 3.25. The number of rotatable bonds is 2. The van der Waals surface area contributed by atoms with E-state index in [2.05, 4.69) is 27.2 Å². The van der Waals surface area contributed by atoms with Gasteiger partial charge in [0.2, 0.25) is 0 Å². The van der Waals surface area contributed by atoms with Gasteiger partial charge in [-0.25, -0.2) is 14.6 Å². The first-order chi connectivity index (χ1) is 9.65. The SMILES string of the molecule is Cc1cc(C)nc(-n2ncc(-c3ccccc3)c2C)n1. The molecule has 0 bridgehead atoms. The van der Waals surface area contributed by atoms with Gasteiger partial charge in [0.25, 0.3) is 5.95 Å². The Morgan fingerprint density at radius 1 is 0.900 bits per heavy atom. The van der Waals surface area contributed by atoms with Crippen LogP contribution in [-0.4, -0.2) is 19.7 Å². The fourth-order valence-corrected chi connectivity index (χ4v) is 2.31. The van der Waals surface area contributed by atoms with Crippen LogP contribution in [-0.2, 0) is 0 Å². The van der Waals surface area contributed by atoms with E-state index in [1.54, 1.807) is 4.68 Å². The molecule has 20 heavy (non-hydrogen) atoms. The number of aromatic nitrogens is 4. The highest BCUT2D eigenvalue weighted by Gasteiger charge is 2.12. The maximum absolute atomic E-state index is 4.46. The number of nitrogens with zero attached hydrogens (tertiary/aromatic N) is 4. The van der Waals surface area contributed by atoms with Crippen LogP contribution in [0.2, 0.25) is 0 Å². The van der Waals surface area contributed by atoms with E-state index in [1.807, 2.05) is 51.2 Å². The van der Waals surface area contributed by atoms with Crippen LogP contribution >= 0.6 is 0 Å². The molecule has 0 aliphatic rings. The fraction of sp³-hybridized carbons (Fsp3) is 0.188. The zero-order valence-corrected chi connectivity index (χ0v) is 11.8. The van der Waals surface area contributed by atoms with Crippen molar-refractivity contribution in [2.24, 2.45) is 0 Å². The van der Waals surface area contributed by atoms with Crippen LogP contribution in [0, 0.1) is 20.8 Å². The monoisotopic (exact) mass is 264 g/mol. The van der Waals surface area contributed by atoms with Gasteiger partial charge in [-0.1, -0.05) is 30.3 Å². The molecule has 0 unspecified atom stereocenters. The van der Waals surface area contributed by atoms with Crippen LogP contribution in [0.3, 0.4) is 0 Å². The minimum Gasteiger partial charge on any atom is -0.216 e. The first-order valence-corrected chi connectivity index (χ1v) is 6.58. The van der Waals surface area contributed by atoms with Crippen molar-refractivity contribution < 1.29 is 0 Å². The molecule has 0 saturated carbocycles. The molecule has 4 heteroatoms. The zero-order valence-electron chi connectivity index (χ0n) is 11.8. The van der Waals surface area contributed by atoms with Crippen LogP contribution in [0.1, 0.15) is 17.1 Å². The second-order valence-corrected chi connectivity index (χ2v) is 4.87. The average Bonchev–Trinajstić information content (AvgIpc) is 2.80. The lowest BCUT2D eigenvalue weighted by atomic mass is 10.1. The van der Waals surface area contributed by atoms with E-state index < -0.39 is 0 Å². The van der Waals surface area contributed by atoms with Crippen molar-refractivity contribution in [2.45, 2.75) is 20.8 Å². The minimum atomic E-state index is 0.627. The molecule has 0 spiro atoms. The predicted octanol–water partition coefficient (Wildman–Crippen LogP) is 3.25. The zero-order chi connectivity index (χ0) is 14.1. The maximum Gasteiger partial charge on any atom is 0.251 e. The number of hydrogen-bond acceptors (Lipinski definition) is 3. The van der Waals surface area contributed by atoms with Crippen molar-refractivity contribution in [3.63, 3.8) is 0 Å². The van der Waals surface area contributed by atoms with Crippen LogP contribution in [0.4, 0.5) is 0 Å². The summed E-state index contributed by atoms with van der Waals surface area (Å²) in [5.41, 5.74) is 5.20. The number of benzene rings is 1. The van der Waals surface area contributed by atoms with E-state index in [1.165, 1.54) is 0 Å². The topological polar surface area (TPSA) is 43.6 Å². The van der Waals surface area contributed by atoms with Crippen molar-refractivity contribution in [2.75, 3.05) is 0 Å². The van der Waals surface area contributed by atoms with Crippen LogP contribution in [0.15, 0.2) is 42.6 Å². The lowest BCUT2D eigenvalue weighted by Crippen LogP contribution is -2.06. The molecule has 0 atom stereocenters.